The van der Waals surface area contributed by atoms with Crippen LogP contribution in [-0.2, 0) is 0 Å². The molecule has 2 rings (SSSR count). The van der Waals surface area contributed by atoms with Gasteiger partial charge in [0.05, 0.1) is 12.6 Å². The molecule has 2 nitrogen and oxygen atoms in total. The minimum atomic E-state index is 0.848. The minimum absolute atomic E-state index is 0.848. The lowest BCUT2D eigenvalue weighted by Crippen LogP contribution is -1.83. The lowest BCUT2D eigenvalue weighted by Gasteiger charge is -2.00. The molecule has 0 atom stereocenters. The van der Waals surface area contributed by atoms with Gasteiger partial charge in [0, 0.05) is 17.6 Å². The van der Waals surface area contributed by atoms with E-state index in [0.717, 1.165) is 16.7 Å². The molecule has 0 spiro atoms. The molecule has 0 unspecified atom stereocenters. The van der Waals surface area contributed by atoms with Crippen LogP contribution in [0.3, 0.4) is 0 Å². The molecule has 1 aromatic heterocycles. The predicted octanol–water partition coefficient (Wildman–Crippen LogP) is 2.79. The maximum atomic E-state index is 5.08. The summed E-state index contributed by atoms with van der Waals surface area (Å²) in [7, 11) is 1.66. The smallest absolute Gasteiger partial charge is 0.121 e. The van der Waals surface area contributed by atoms with E-state index in [1.165, 1.54) is 0 Å². The second-order valence-electron chi connectivity index (χ2n) is 2.56. The Bertz CT molecular complexity index is 403. The number of nitrogens with zero attached hydrogens (tertiary/aromatic N) is 1. The Balaban J connectivity index is 0.000000461. The highest BCUT2D eigenvalue weighted by atomic mass is 32.1. The number of aromatic nitrogens is 1. The van der Waals surface area contributed by atoms with E-state index >= 15 is 0 Å². The van der Waals surface area contributed by atoms with Gasteiger partial charge in [-0.2, -0.15) is 12.6 Å². The van der Waals surface area contributed by atoms with Gasteiger partial charge in [-0.25, -0.2) is 0 Å². The molecule has 1 heterocycles. The molecular weight excluding hydrogens is 194 g/mol. The third kappa shape index (κ3) is 2.39. The number of hydrogen-bond donors (Lipinski definition) is 1. The Morgan fingerprint density at radius 2 is 2.00 bits per heavy atom. The van der Waals surface area contributed by atoms with Crippen LogP contribution in [-0.4, -0.2) is 18.3 Å². The number of benzene rings is 1. The quantitative estimate of drug-likeness (QED) is 0.726. The monoisotopic (exact) mass is 207 g/mol. The third-order valence-electron chi connectivity index (χ3n) is 1.81. The van der Waals surface area contributed by atoms with Crippen LogP contribution in [0.1, 0.15) is 0 Å². The van der Waals surface area contributed by atoms with Crippen molar-refractivity contribution in [1.82, 2.24) is 4.98 Å². The van der Waals surface area contributed by atoms with Gasteiger partial charge in [-0.05, 0) is 24.5 Å². The molecule has 0 saturated carbocycles. The number of pyridine rings is 1. The molecule has 0 radical (unpaired) electrons. The van der Waals surface area contributed by atoms with Crippen molar-refractivity contribution in [2.75, 3.05) is 13.4 Å². The molecule has 0 bridgehead atoms. The summed E-state index contributed by atoms with van der Waals surface area (Å²) in [5.74, 6) is 0.848. The van der Waals surface area contributed by atoms with Crippen LogP contribution in [0.15, 0.2) is 36.5 Å². The second kappa shape index (κ2) is 5.50. The molecule has 14 heavy (non-hydrogen) atoms. The number of ether oxygens (including phenoxy) is 1. The lowest BCUT2D eigenvalue weighted by molar-refractivity contribution is 0.415. The van der Waals surface area contributed by atoms with Crippen LogP contribution in [0.5, 0.6) is 5.75 Å². The van der Waals surface area contributed by atoms with Gasteiger partial charge in [-0.3, -0.25) is 4.98 Å². The summed E-state index contributed by atoms with van der Waals surface area (Å²) in [4.78, 5) is 4.21. The summed E-state index contributed by atoms with van der Waals surface area (Å²) < 4.78 is 5.08. The summed E-state index contributed by atoms with van der Waals surface area (Å²) in [5.41, 5.74) is 0.969. The predicted molar refractivity (Wildman–Crippen MR) is 63.2 cm³/mol. The minimum Gasteiger partial charge on any atom is -0.497 e. The molecule has 0 N–H and O–H groups in total. The van der Waals surface area contributed by atoms with Crippen molar-refractivity contribution in [1.29, 1.82) is 0 Å². The van der Waals surface area contributed by atoms with Gasteiger partial charge < -0.3 is 4.74 Å². The average Bonchev–Trinajstić information content (AvgIpc) is 2.31. The Morgan fingerprint density at radius 3 is 2.71 bits per heavy atom. The van der Waals surface area contributed by atoms with Gasteiger partial charge in [0.2, 0.25) is 0 Å². The van der Waals surface area contributed by atoms with Crippen LogP contribution in [0.25, 0.3) is 10.9 Å². The Morgan fingerprint density at radius 1 is 1.21 bits per heavy atom. The van der Waals surface area contributed by atoms with Crippen LogP contribution < -0.4 is 4.74 Å². The van der Waals surface area contributed by atoms with E-state index < -0.39 is 0 Å². The van der Waals surface area contributed by atoms with Crippen LogP contribution in [0, 0.1) is 0 Å². The van der Waals surface area contributed by atoms with Crippen molar-refractivity contribution < 1.29 is 4.74 Å². The van der Waals surface area contributed by atoms with Crippen LogP contribution in [0.2, 0.25) is 0 Å². The number of methoxy groups -OCH3 is 1. The van der Waals surface area contributed by atoms with Gasteiger partial charge in [-0.15, -0.1) is 0 Å². The van der Waals surface area contributed by atoms with Gasteiger partial charge in [0.1, 0.15) is 5.75 Å². The average molecular weight is 207 g/mol. The number of rotatable bonds is 1. The van der Waals surface area contributed by atoms with E-state index in [1.807, 2.05) is 30.3 Å². The largest absolute Gasteiger partial charge is 0.497 e. The van der Waals surface area contributed by atoms with E-state index in [9.17, 15) is 0 Å². The molecule has 0 aliphatic heterocycles. The summed E-state index contributed by atoms with van der Waals surface area (Å²) in [5, 5.41) is 1.14. The zero-order valence-electron chi connectivity index (χ0n) is 8.27. The maximum absolute atomic E-state index is 5.08. The molecule has 0 amide bonds. The van der Waals surface area contributed by atoms with Crippen molar-refractivity contribution in [3.05, 3.63) is 36.5 Å². The first-order valence-corrected chi connectivity index (χ1v) is 5.13. The van der Waals surface area contributed by atoms with Crippen molar-refractivity contribution in [3.8, 4) is 5.75 Å². The summed E-state index contributed by atoms with van der Waals surface area (Å²) in [6, 6.07) is 9.82. The van der Waals surface area contributed by atoms with Gasteiger partial charge >= 0.3 is 0 Å². The molecule has 0 fully saturated rings. The standard InChI is InChI=1S/C10H9NO.CH4S/c1-12-9-5-4-8-3-2-6-11-10(8)7-9;1-2/h2-7H,1H3;2H,1H3. The first-order valence-electron chi connectivity index (χ1n) is 4.23. The Kier molecular flexibility index (Phi) is 4.26. The van der Waals surface area contributed by atoms with Crippen molar-refractivity contribution >= 4 is 23.5 Å². The zero-order chi connectivity index (χ0) is 10.4. The highest BCUT2D eigenvalue weighted by molar-refractivity contribution is 7.79. The van der Waals surface area contributed by atoms with E-state index in [-0.39, 0.29) is 0 Å². The Hall–Kier alpha value is -1.22. The fourth-order valence-corrected chi connectivity index (χ4v) is 1.17. The number of hydrogen-bond acceptors (Lipinski definition) is 3. The fourth-order valence-electron chi connectivity index (χ4n) is 1.17. The molecule has 3 heteroatoms. The molecule has 0 aliphatic rings. The molecule has 0 saturated heterocycles. The fraction of sp³-hybridized carbons (Fsp3) is 0.182. The Labute approximate surface area is 89.3 Å². The maximum Gasteiger partial charge on any atom is 0.121 e. The van der Waals surface area contributed by atoms with E-state index in [1.54, 1.807) is 19.6 Å². The molecular formula is C11H13NOS. The summed E-state index contributed by atoms with van der Waals surface area (Å²) in [6.07, 6.45) is 3.47. The lowest BCUT2D eigenvalue weighted by atomic mass is 10.2. The van der Waals surface area contributed by atoms with Crippen molar-refractivity contribution in [2.24, 2.45) is 0 Å². The van der Waals surface area contributed by atoms with Crippen molar-refractivity contribution in [2.45, 2.75) is 0 Å². The van der Waals surface area contributed by atoms with Gasteiger partial charge in [-0.1, -0.05) is 6.07 Å². The zero-order valence-corrected chi connectivity index (χ0v) is 9.16. The molecule has 0 aliphatic carbocycles. The molecule has 1 aromatic carbocycles. The van der Waals surface area contributed by atoms with Crippen molar-refractivity contribution in [3.63, 3.8) is 0 Å². The van der Waals surface area contributed by atoms with Gasteiger partial charge in [0.25, 0.3) is 0 Å². The van der Waals surface area contributed by atoms with E-state index in [2.05, 4.69) is 17.6 Å². The highest BCUT2D eigenvalue weighted by Gasteiger charge is 1.94. The topological polar surface area (TPSA) is 22.1 Å². The molecule has 2 aromatic rings. The molecule has 74 valence electrons. The second-order valence-corrected chi connectivity index (χ2v) is 2.56. The summed E-state index contributed by atoms with van der Waals surface area (Å²) in [6.45, 7) is 0. The van der Waals surface area contributed by atoms with Crippen LogP contribution in [0.4, 0.5) is 0 Å². The highest BCUT2D eigenvalue weighted by Crippen LogP contribution is 2.17. The number of thiol groups is 1. The first-order chi connectivity index (χ1) is 6.90. The van der Waals surface area contributed by atoms with E-state index in [0.29, 0.717) is 0 Å². The number of fused-ring (bicyclic) bond motifs is 1. The summed E-state index contributed by atoms with van der Waals surface area (Å²) >= 11 is 3.53. The van der Waals surface area contributed by atoms with Crippen LogP contribution >= 0.6 is 12.6 Å². The first kappa shape index (κ1) is 10.9. The van der Waals surface area contributed by atoms with Gasteiger partial charge in [0.15, 0.2) is 0 Å². The third-order valence-corrected chi connectivity index (χ3v) is 1.81. The van der Waals surface area contributed by atoms with E-state index in [4.69, 9.17) is 4.74 Å². The normalized spacial score (nSPS) is 9.07. The SMILES string of the molecule is COc1ccc2cccnc2c1.CS.